The lowest BCUT2D eigenvalue weighted by Crippen LogP contribution is -2.02. The van der Waals surface area contributed by atoms with E-state index in [0.29, 0.717) is 22.9 Å². The molecule has 2 aromatic heterocycles. The van der Waals surface area contributed by atoms with Crippen LogP contribution in [0.5, 0.6) is 11.5 Å². The number of ether oxygens (including phenoxy) is 2. The second-order valence-electron chi connectivity index (χ2n) is 5.75. The van der Waals surface area contributed by atoms with Crippen molar-refractivity contribution in [2.24, 2.45) is 0 Å². The number of hydrogen-bond donors (Lipinski definition) is 2. The number of methoxy groups -OCH3 is 1. The van der Waals surface area contributed by atoms with E-state index in [9.17, 15) is 5.11 Å². The molecule has 4 rings (SSSR count). The summed E-state index contributed by atoms with van der Waals surface area (Å²) in [6, 6.07) is 11.4. The zero-order chi connectivity index (χ0) is 17.9. The van der Waals surface area contributed by atoms with Crippen molar-refractivity contribution in [3.63, 3.8) is 0 Å². The van der Waals surface area contributed by atoms with Crippen molar-refractivity contribution < 1.29 is 14.6 Å². The van der Waals surface area contributed by atoms with E-state index in [4.69, 9.17) is 9.47 Å². The van der Waals surface area contributed by atoms with Crippen LogP contribution in [0.2, 0.25) is 0 Å². The van der Waals surface area contributed by atoms with Crippen LogP contribution in [0.15, 0.2) is 55.1 Å². The minimum atomic E-state index is -0.124. The minimum absolute atomic E-state index is 0.124. The molecule has 132 valence electrons. The summed E-state index contributed by atoms with van der Waals surface area (Å²) in [6.45, 7) is 0.114. The monoisotopic (exact) mass is 350 g/mol. The zero-order valence-corrected chi connectivity index (χ0v) is 14.2. The average Bonchev–Trinajstić information content (AvgIpc) is 3.34. The van der Waals surface area contributed by atoms with Crippen molar-refractivity contribution in [3.05, 3.63) is 66.5 Å². The lowest BCUT2D eigenvalue weighted by atomic mass is 10.2. The number of para-hydroxylation sites is 1. The number of imidazole rings is 2. The third-order valence-corrected chi connectivity index (χ3v) is 4.12. The number of aromatic nitrogens is 4. The minimum Gasteiger partial charge on any atom is -0.493 e. The summed E-state index contributed by atoms with van der Waals surface area (Å²) in [5.41, 5.74) is 3.43. The highest BCUT2D eigenvalue weighted by molar-refractivity contribution is 5.77. The van der Waals surface area contributed by atoms with Crippen LogP contribution in [0.1, 0.15) is 11.4 Å². The molecule has 26 heavy (non-hydrogen) atoms. The Morgan fingerprint density at radius 2 is 2.15 bits per heavy atom. The maximum absolute atomic E-state index is 9.50. The van der Waals surface area contributed by atoms with Crippen LogP contribution in [0.25, 0.3) is 16.7 Å². The molecule has 0 saturated carbocycles. The summed E-state index contributed by atoms with van der Waals surface area (Å²) < 4.78 is 13.1. The molecule has 0 amide bonds. The molecule has 0 saturated heterocycles. The molecule has 0 bridgehead atoms. The van der Waals surface area contributed by atoms with Crippen molar-refractivity contribution in [1.82, 2.24) is 19.5 Å². The molecule has 0 aliphatic heterocycles. The molecule has 4 aromatic rings. The normalized spacial score (nSPS) is 11.0. The Balaban J connectivity index is 1.59. The van der Waals surface area contributed by atoms with E-state index in [1.165, 1.54) is 0 Å². The van der Waals surface area contributed by atoms with Gasteiger partial charge in [0.2, 0.25) is 0 Å². The summed E-state index contributed by atoms with van der Waals surface area (Å²) in [5.74, 6) is 1.80. The Hall–Kier alpha value is -3.32. The van der Waals surface area contributed by atoms with Crippen LogP contribution in [0, 0.1) is 0 Å². The van der Waals surface area contributed by atoms with E-state index in [2.05, 4.69) is 15.0 Å². The van der Waals surface area contributed by atoms with Crippen LogP contribution in [-0.2, 0) is 13.2 Å². The molecule has 0 fully saturated rings. The van der Waals surface area contributed by atoms with E-state index in [1.54, 1.807) is 31.8 Å². The number of benzene rings is 2. The van der Waals surface area contributed by atoms with E-state index in [0.717, 1.165) is 16.7 Å². The highest BCUT2D eigenvalue weighted by Gasteiger charge is 2.12. The van der Waals surface area contributed by atoms with Gasteiger partial charge in [0.05, 0.1) is 31.1 Å². The van der Waals surface area contributed by atoms with Crippen molar-refractivity contribution in [1.29, 1.82) is 0 Å². The van der Waals surface area contributed by atoms with Crippen molar-refractivity contribution >= 4 is 11.0 Å². The quantitative estimate of drug-likeness (QED) is 0.558. The fraction of sp³-hybridized carbons (Fsp3) is 0.158. The molecule has 7 heteroatoms. The number of aromatic amines is 1. The first kappa shape index (κ1) is 16.2. The molecule has 0 spiro atoms. The molecule has 2 N–H and O–H groups in total. The molecule has 2 heterocycles. The molecule has 0 aliphatic rings. The van der Waals surface area contributed by atoms with E-state index < -0.39 is 0 Å². The number of fused-ring (bicyclic) bond motifs is 1. The van der Waals surface area contributed by atoms with Gasteiger partial charge in [0.25, 0.3) is 0 Å². The first-order valence-corrected chi connectivity index (χ1v) is 8.15. The molecular formula is C19H18N4O3. The number of H-pyrrole nitrogens is 1. The maximum Gasteiger partial charge on any atom is 0.167 e. The van der Waals surface area contributed by atoms with Crippen LogP contribution < -0.4 is 9.47 Å². The van der Waals surface area contributed by atoms with Gasteiger partial charge in [0.1, 0.15) is 12.4 Å². The zero-order valence-electron chi connectivity index (χ0n) is 14.2. The summed E-state index contributed by atoms with van der Waals surface area (Å²) >= 11 is 0. The predicted molar refractivity (Wildman–Crippen MR) is 96.5 cm³/mol. The van der Waals surface area contributed by atoms with Gasteiger partial charge in [-0.05, 0) is 24.3 Å². The van der Waals surface area contributed by atoms with E-state index in [1.807, 2.05) is 35.0 Å². The Labute approximate surface area is 149 Å². The predicted octanol–water partition coefficient (Wildman–Crippen LogP) is 2.83. The molecular weight excluding hydrogens is 332 g/mol. The van der Waals surface area contributed by atoms with Gasteiger partial charge in [-0.2, -0.15) is 0 Å². The Morgan fingerprint density at radius 1 is 1.23 bits per heavy atom. The number of nitrogens with zero attached hydrogens (tertiary/aromatic N) is 3. The summed E-state index contributed by atoms with van der Waals surface area (Å²) in [6.07, 6.45) is 5.37. The van der Waals surface area contributed by atoms with Crippen LogP contribution >= 0.6 is 0 Å². The first-order chi connectivity index (χ1) is 12.8. The summed E-state index contributed by atoms with van der Waals surface area (Å²) in [7, 11) is 1.57. The van der Waals surface area contributed by atoms with Gasteiger partial charge in [-0.25, -0.2) is 9.97 Å². The number of nitrogens with one attached hydrogen (secondary N) is 1. The molecule has 0 radical (unpaired) electrons. The summed E-state index contributed by atoms with van der Waals surface area (Å²) in [4.78, 5) is 11.9. The smallest absolute Gasteiger partial charge is 0.167 e. The lowest BCUT2D eigenvalue weighted by Gasteiger charge is -2.12. The third-order valence-electron chi connectivity index (χ3n) is 4.12. The van der Waals surface area contributed by atoms with Crippen molar-refractivity contribution in [3.8, 4) is 17.2 Å². The maximum atomic E-state index is 9.50. The van der Waals surface area contributed by atoms with E-state index >= 15 is 0 Å². The van der Waals surface area contributed by atoms with Crippen molar-refractivity contribution in [2.45, 2.75) is 13.2 Å². The van der Waals surface area contributed by atoms with E-state index in [-0.39, 0.29) is 13.2 Å². The Morgan fingerprint density at radius 3 is 2.92 bits per heavy atom. The number of aliphatic hydroxyl groups excluding tert-OH is 1. The largest absolute Gasteiger partial charge is 0.493 e. The molecule has 0 unspecified atom stereocenters. The van der Waals surface area contributed by atoms with Crippen LogP contribution in [-0.4, -0.2) is 31.7 Å². The Kier molecular flexibility index (Phi) is 4.28. The molecule has 0 aliphatic carbocycles. The topological polar surface area (TPSA) is 85.2 Å². The van der Waals surface area contributed by atoms with Crippen LogP contribution in [0.4, 0.5) is 0 Å². The van der Waals surface area contributed by atoms with Crippen molar-refractivity contribution in [2.75, 3.05) is 7.11 Å². The highest BCUT2D eigenvalue weighted by Crippen LogP contribution is 2.31. The second kappa shape index (κ2) is 6.89. The summed E-state index contributed by atoms with van der Waals surface area (Å²) in [5, 5.41) is 9.50. The molecule has 0 atom stereocenters. The number of rotatable bonds is 6. The van der Waals surface area contributed by atoms with Gasteiger partial charge >= 0.3 is 0 Å². The second-order valence-corrected chi connectivity index (χ2v) is 5.75. The van der Waals surface area contributed by atoms with Gasteiger partial charge in [-0.3, -0.25) is 0 Å². The average molecular weight is 350 g/mol. The lowest BCUT2D eigenvalue weighted by molar-refractivity contribution is 0.246. The van der Waals surface area contributed by atoms with Gasteiger partial charge in [0.15, 0.2) is 11.5 Å². The van der Waals surface area contributed by atoms with Gasteiger partial charge in [-0.15, -0.1) is 0 Å². The number of hydrogen-bond acceptors (Lipinski definition) is 5. The van der Waals surface area contributed by atoms with Gasteiger partial charge in [0, 0.05) is 23.6 Å². The highest BCUT2D eigenvalue weighted by atomic mass is 16.5. The standard InChI is InChI=1S/C19H18N4O3/c1-25-17-4-2-3-13(10-24)19(17)26-11-18-21-15-6-5-14(9-16(15)22-18)23-8-7-20-12-23/h2-9,12,24H,10-11H2,1H3,(H,21,22). The Bertz CT molecular complexity index is 1000. The first-order valence-electron chi connectivity index (χ1n) is 8.15. The molecule has 7 nitrogen and oxygen atoms in total. The van der Waals surface area contributed by atoms with Gasteiger partial charge < -0.3 is 24.1 Å². The fourth-order valence-corrected chi connectivity index (χ4v) is 2.84. The number of aliphatic hydroxyl groups is 1. The van der Waals surface area contributed by atoms with Gasteiger partial charge in [-0.1, -0.05) is 12.1 Å². The third kappa shape index (κ3) is 3.00. The molecule has 2 aromatic carbocycles. The SMILES string of the molecule is COc1cccc(CO)c1OCc1nc2cc(-n3ccnc3)ccc2[nH]1. The fourth-order valence-electron chi connectivity index (χ4n) is 2.84. The van der Waals surface area contributed by atoms with Crippen LogP contribution in [0.3, 0.4) is 0 Å².